The van der Waals surface area contributed by atoms with Crippen LogP contribution in [0.5, 0.6) is 0 Å². The third kappa shape index (κ3) is 3.40. The van der Waals surface area contributed by atoms with Crippen LogP contribution in [0.3, 0.4) is 0 Å². The first-order valence-electron chi connectivity index (χ1n) is 10.7. The van der Waals surface area contributed by atoms with Crippen LogP contribution in [-0.4, -0.2) is 37.6 Å². The Morgan fingerprint density at radius 2 is 1.47 bits per heavy atom. The van der Waals surface area contributed by atoms with E-state index in [1.54, 1.807) is 6.33 Å². The number of rotatable bonds is 7. The SMILES string of the molecule is O=P(c1cnc(C2CC2P(=O)(c2cc(I)ncn2)C2CC2)cc1I)(C1CC1)C1CC1. The van der Waals surface area contributed by atoms with Crippen molar-refractivity contribution in [3.63, 3.8) is 0 Å². The normalized spacial score (nSPS) is 28.2. The third-order valence-corrected chi connectivity index (χ3v) is 17.4. The number of hydrogen-bond acceptors (Lipinski definition) is 5. The molecule has 0 aromatic carbocycles. The molecule has 9 heteroatoms. The van der Waals surface area contributed by atoms with Gasteiger partial charge in [-0.2, -0.15) is 0 Å². The molecule has 5 nitrogen and oxygen atoms in total. The molecule has 2 aromatic heterocycles. The zero-order valence-corrected chi connectivity index (χ0v) is 22.6. The zero-order valence-electron chi connectivity index (χ0n) is 16.5. The maximum atomic E-state index is 14.2. The highest BCUT2D eigenvalue weighted by Gasteiger charge is 2.59. The second-order valence-corrected chi connectivity index (χ2v) is 18.2. The fourth-order valence-electron chi connectivity index (χ4n) is 5.03. The molecule has 0 amide bonds. The van der Waals surface area contributed by atoms with Crippen LogP contribution in [0.2, 0.25) is 0 Å². The highest BCUT2D eigenvalue weighted by Crippen LogP contribution is 2.73. The van der Waals surface area contributed by atoms with Gasteiger partial charge in [0.05, 0.1) is 0 Å². The third-order valence-electron chi connectivity index (χ3n) is 7.11. The van der Waals surface area contributed by atoms with E-state index in [4.69, 9.17) is 4.98 Å². The number of aromatic nitrogens is 3. The molecule has 4 fully saturated rings. The molecule has 0 saturated heterocycles. The topological polar surface area (TPSA) is 72.8 Å². The van der Waals surface area contributed by atoms with Gasteiger partial charge < -0.3 is 9.13 Å². The van der Waals surface area contributed by atoms with Crippen LogP contribution in [0.25, 0.3) is 0 Å². The fourth-order valence-corrected chi connectivity index (χ4v) is 15.1. The van der Waals surface area contributed by atoms with Crippen molar-refractivity contribution in [2.75, 3.05) is 0 Å². The molecule has 0 bridgehead atoms. The van der Waals surface area contributed by atoms with Crippen LogP contribution in [0, 0.1) is 7.27 Å². The van der Waals surface area contributed by atoms with Gasteiger partial charge in [-0.3, -0.25) is 4.98 Å². The van der Waals surface area contributed by atoms with Gasteiger partial charge in [0.1, 0.15) is 29.7 Å². The van der Waals surface area contributed by atoms with Crippen LogP contribution >= 0.6 is 59.5 Å². The maximum Gasteiger partial charge on any atom is 0.139 e. The summed E-state index contributed by atoms with van der Waals surface area (Å²) in [5.41, 5.74) is 3.00. The number of halogens is 2. The predicted octanol–water partition coefficient (Wildman–Crippen LogP) is 5.10. The largest absolute Gasteiger partial charge is 0.318 e. The van der Waals surface area contributed by atoms with Crippen LogP contribution in [-0.2, 0) is 9.13 Å². The van der Waals surface area contributed by atoms with Gasteiger partial charge in [0, 0.05) is 49.3 Å². The van der Waals surface area contributed by atoms with Gasteiger partial charge in [0.15, 0.2) is 0 Å². The van der Waals surface area contributed by atoms with E-state index in [0.29, 0.717) is 11.3 Å². The average Bonchev–Trinajstić information content (AvgIpc) is 3.60. The van der Waals surface area contributed by atoms with Crippen molar-refractivity contribution in [3.8, 4) is 0 Å². The van der Waals surface area contributed by atoms with Crippen LogP contribution in [0.15, 0.2) is 24.7 Å². The molecule has 2 aromatic rings. The van der Waals surface area contributed by atoms with E-state index < -0.39 is 14.3 Å². The van der Waals surface area contributed by atoms with Crippen LogP contribution in [0.4, 0.5) is 0 Å². The van der Waals surface area contributed by atoms with E-state index in [0.717, 1.165) is 68.7 Å². The first kappa shape index (κ1) is 20.7. The Bertz CT molecular complexity index is 1110. The van der Waals surface area contributed by atoms with Crippen molar-refractivity contribution in [1.82, 2.24) is 15.0 Å². The molecule has 6 rings (SSSR count). The Kier molecular flexibility index (Phi) is 5.06. The minimum Gasteiger partial charge on any atom is -0.318 e. The Balaban J connectivity index is 1.30. The molecular formula is C21H23I2N3O2P2. The Morgan fingerprint density at radius 3 is 2.03 bits per heavy atom. The fraction of sp³-hybridized carbons (Fsp3) is 0.571. The molecule has 3 unspecified atom stereocenters. The van der Waals surface area contributed by atoms with Crippen LogP contribution in [0.1, 0.15) is 56.6 Å². The van der Waals surface area contributed by atoms with Gasteiger partial charge in [-0.1, -0.05) is 0 Å². The van der Waals surface area contributed by atoms with E-state index in [1.807, 2.05) is 12.3 Å². The number of nitrogens with zero attached hydrogens (tertiary/aromatic N) is 3. The van der Waals surface area contributed by atoms with Gasteiger partial charge in [-0.05, 0) is 102 Å². The summed E-state index contributed by atoms with van der Waals surface area (Å²) in [6, 6.07) is 4.05. The quantitative estimate of drug-likeness (QED) is 0.234. The number of hydrogen-bond donors (Lipinski definition) is 0. The summed E-state index contributed by atoms with van der Waals surface area (Å²) in [5, 5.41) is 1.02. The van der Waals surface area contributed by atoms with E-state index >= 15 is 0 Å². The van der Waals surface area contributed by atoms with Gasteiger partial charge in [0.25, 0.3) is 0 Å². The molecule has 0 aliphatic heterocycles. The Labute approximate surface area is 204 Å². The smallest absolute Gasteiger partial charge is 0.139 e. The van der Waals surface area contributed by atoms with Crippen molar-refractivity contribution in [1.29, 1.82) is 0 Å². The highest BCUT2D eigenvalue weighted by molar-refractivity contribution is 14.1. The van der Waals surface area contributed by atoms with Crippen molar-refractivity contribution >= 4 is 70.2 Å². The lowest BCUT2D eigenvalue weighted by Gasteiger charge is -2.20. The molecule has 30 heavy (non-hydrogen) atoms. The molecule has 0 spiro atoms. The summed E-state index contributed by atoms with van der Waals surface area (Å²) in [6.07, 6.45) is 10.9. The van der Waals surface area contributed by atoms with E-state index in [-0.39, 0.29) is 17.2 Å². The van der Waals surface area contributed by atoms with Gasteiger partial charge in [-0.15, -0.1) is 0 Å². The molecule has 0 radical (unpaired) electrons. The lowest BCUT2D eigenvalue weighted by Crippen LogP contribution is -2.19. The summed E-state index contributed by atoms with van der Waals surface area (Å²) in [7, 11) is -4.88. The minimum absolute atomic E-state index is 0.142. The molecule has 4 aliphatic carbocycles. The molecular weight excluding hydrogens is 642 g/mol. The monoisotopic (exact) mass is 665 g/mol. The lowest BCUT2D eigenvalue weighted by atomic mass is 10.2. The summed E-state index contributed by atoms with van der Waals surface area (Å²) in [4.78, 5) is 13.4. The first-order valence-corrected chi connectivity index (χ1v) is 16.6. The van der Waals surface area contributed by atoms with Gasteiger partial charge in [0.2, 0.25) is 0 Å². The lowest BCUT2D eigenvalue weighted by molar-refractivity contribution is 0.577. The first-order chi connectivity index (χ1) is 14.4. The van der Waals surface area contributed by atoms with Gasteiger partial charge in [-0.25, -0.2) is 9.97 Å². The summed E-state index contributed by atoms with van der Waals surface area (Å²) in [5.74, 6) is 0.230. The minimum atomic E-state index is -2.57. The predicted molar refractivity (Wildman–Crippen MR) is 136 cm³/mol. The molecule has 4 aliphatic rings. The highest BCUT2D eigenvalue weighted by atomic mass is 127. The summed E-state index contributed by atoms with van der Waals surface area (Å²) in [6.45, 7) is 0. The molecule has 158 valence electrons. The van der Waals surface area contributed by atoms with E-state index in [2.05, 4.69) is 61.2 Å². The summed E-state index contributed by atoms with van der Waals surface area (Å²) >= 11 is 4.53. The van der Waals surface area contributed by atoms with Crippen LogP contribution < -0.4 is 10.7 Å². The van der Waals surface area contributed by atoms with Crippen molar-refractivity contribution < 1.29 is 9.13 Å². The average molecular weight is 665 g/mol. The molecule has 2 heterocycles. The van der Waals surface area contributed by atoms with Crippen molar-refractivity contribution in [2.24, 2.45) is 0 Å². The van der Waals surface area contributed by atoms with Crippen molar-refractivity contribution in [2.45, 2.75) is 73.5 Å². The maximum absolute atomic E-state index is 14.2. The summed E-state index contributed by atoms with van der Waals surface area (Å²) < 4.78 is 30.1. The second-order valence-electron chi connectivity index (χ2n) is 9.28. The van der Waals surface area contributed by atoms with E-state index in [1.165, 1.54) is 0 Å². The number of pyridine rings is 1. The second kappa shape index (κ2) is 7.33. The molecule has 0 N–H and O–H groups in total. The standard InChI is InChI=1S/C21H23I2N3O2P2/c22-16-8-17(24-10-19(16)29(27,12-1-2-12)13-3-4-13)15-7-18(15)30(28,14-5-6-14)21-9-20(23)25-11-26-21/h8-15,18H,1-7H2. The van der Waals surface area contributed by atoms with Crippen molar-refractivity contribution in [3.05, 3.63) is 37.6 Å². The van der Waals surface area contributed by atoms with Gasteiger partial charge >= 0.3 is 0 Å². The Hall–Kier alpha value is 0.150. The molecule has 3 atom stereocenters. The molecule has 4 saturated carbocycles. The van der Waals surface area contributed by atoms with E-state index in [9.17, 15) is 9.13 Å². The Morgan fingerprint density at radius 1 is 0.833 bits per heavy atom. The zero-order chi connectivity index (χ0) is 20.7.